The van der Waals surface area contributed by atoms with E-state index in [4.69, 9.17) is 5.73 Å². The number of halogens is 3. The van der Waals surface area contributed by atoms with Gasteiger partial charge in [-0.3, -0.25) is 4.79 Å². The van der Waals surface area contributed by atoms with E-state index in [2.05, 4.69) is 4.74 Å². The molecule has 0 amide bonds. The minimum absolute atomic E-state index is 0.0904. The van der Waals surface area contributed by atoms with Crippen molar-refractivity contribution in [3.05, 3.63) is 23.8 Å². The van der Waals surface area contributed by atoms with Gasteiger partial charge in [-0.2, -0.15) is 13.2 Å². The molecule has 0 heterocycles. The lowest BCUT2D eigenvalue weighted by Gasteiger charge is -2.15. The maximum atomic E-state index is 12.6. The summed E-state index contributed by atoms with van der Waals surface area (Å²) in [5.74, 6) is 0.394. The zero-order valence-electron chi connectivity index (χ0n) is 11.5. The monoisotopic (exact) mass is 319 g/mol. The molecule has 0 aromatic heterocycles. The fourth-order valence-electron chi connectivity index (χ4n) is 2.01. The summed E-state index contributed by atoms with van der Waals surface area (Å²) in [6, 6.07) is 3.36. The van der Waals surface area contributed by atoms with E-state index in [0.717, 1.165) is 25.0 Å². The van der Waals surface area contributed by atoms with Crippen LogP contribution in [0.2, 0.25) is 0 Å². The maximum Gasteiger partial charge on any atom is 0.416 e. The van der Waals surface area contributed by atoms with Gasteiger partial charge in [0.1, 0.15) is 0 Å². The summed E-state index contributed by atoms with van der Waals surface area (Å²) in [5.41, 5.74) is 4.96. The van der Waals surface area contributed by atoms with E-state index < -0.39 is 11.7 Å². The molecule has 1 aliphatic carbocycles. The summed E-state index contributed by atoms with van der Waals surface area (Å²) in [4.78, 5) is 11.9. The van der Waals surface area contributed by atoms with Crippen molar-refractivity contribution in [3.63, 3.8) is 0 Å². The minimum atomic E-state index is -4.39. The zero-order chi connectivity index (χ0) is 15.7. The van der Waals surface area contributed by atoms with Crippen molar-refractivity contribution >= 4 is 23.4 Å². The average Bonchev–Trinajstić information content (AvgIpc) is 3.16. The number of ether oxygens (including phenoxy) is 1. The van der Waals surface area contributed by atoms with Crippen LogP contribution in [0.4, 0.5) is 18.9 Å². The Kier molecular flexibility index (Phi) is 4.41. The largest absolute Gasteiger partial charge is 0.469 e. The van der Waals surface area contributed by atoms with Crippen molar-refractivity contribution in [2.24, 2.45) is 5.41 Å². The second-order valence-corrected chi connectivity index (χ2v) is 6.31. The van der Waals surface area contributed by atoms with Gasteiger partial charge in [0.05, 0.1) is 19.1 Å². The molecule has 1 aromatic carbocycles. The number of alkyl halides is 3. The standard InChI is InChI=1S/C14H16F3NO2S/c1-20-12(19)7-13(4-5-13)8-21-11-3-2-9(6-10(11)18)14(15,16)17/h2-3,6H,4-5,7-8,18H2,1H3. The molecule has 1 aromatic rings. The van der Waals surface area contributed by atoms with Crippen LogP contribution in [0.15, 0.2) is 23.1 Å². The first kappa shape index (κ1) is 16.0. The van der Waals surface area contributed by atoms with Gasteiger partial charge in [0, 0.05) is 16.3 Å². The molecule has 1 saturated carbocycles. The molecule has 2 N–H and O–H groups in total. The number of thioether (sulfide) groups is 1. The Bertz CT molecular complexity index is 542. The number of esters is 1. The number of carbonyl (C=O) groups excluding carboxylic acids is 1. The van der Waals surface area contributed by atoms with E-state index in [0.29, 0.717) is 17.1 Å². The summed E-state index contributed by atoms with van der Waals surface area (Å²) < 4.78 is 42.3. The van der Waals surface area contributed by atoms with Gasteiger partial charge in [-0.1, -0.05) is 0 Å². The average molecular weight is 319 g/mol. The quantitative estimate of drug-likeness (QED) is 0.510. The Balaban J connectivity index is 2.00. The van der Waals surface area contributed by atoms with Crippen LogP contribution >= 0.6 is 11.8 Å². The van der Waals surface area contributed by atoms with Gasteiger partial charge in [0.2, 0.25) is 0 Å². The number of carbonyl (C=O) groups is 1. The fourth-order valence-corrected chi connectivity index (χ4v) is 3.26. The van der Waals surface area contributed by atoms with E-state index in [1.165, 1.54) is 24.9 Å². The first-order chi connectivity index (χ1) is 9.76. The molecule has 0 aliphatic heterocycles. The van der Waals surface area contributed by atoms with Gasteiger partial charge in [0.15, 0.2) is 0 Å². The van der Waals surface area contributed by atoms with Crippen molar-refractivity contribution in [2.45, 2.75) is 30.3 Å². The number of nitrogens with two attached hydrogens (primary N) is 1. The Morgan fingerprint density at radius 1 is 1.43 bits per heavy atom. The normalized spacial score (nSPS) is 16.6. The van der Waals surface area contributed by atoms with E-state index >= 15 is 0 Å². The molecular weight excluding hydrogens is 303 g/mol. The van der Waals surface area contributed by atoms with Crippen LogP contribution in [-0.2, 0) is 15.7 Å². The number of methoxy groups -OCH3 is 1. The SMILES string of the molecule is COC(=O)CC1(CSc2ccc(C(F)(F)F)cc2N)CC1. The van der Waals surface area contributed by atoms with E-state index in [-0.39, 0.29) is 17.1 Å². The predicted molar refractivity (Wildman–Crippen MR) is 74.9 cm³/mol. The number of hydrogen-bond acceptors (Lipinski definition) is 4. The molecule has 1 fully saturated rings. The van der Waals surface area contributed by atoms with Gasteiger partial charge in [-0.25, -0.2) is 0 Å². The molecule has 7 heteroatoms. The highest BCUT2D eigenvalue weighted by Crippen LogP contribution is 2.52. The third-order valence-electron chi connectivity index (χ3n) is 3.58. The summed E-state index contributed by atoms with van der Waals surface area (Å²) in [6.45, 7) is 0. The molecule has 2 rings (SSSR count). The molecule has 3 nitrogen and oxygen atoms in total. The minimum Gasteiger partial charge on any atom is -0.469 e. The summed E-state index contributed by atoms with van der Waals surface area (Å²) in [5, 5.41) is 0. The predicted octanol–water partition coefficient (Wildman–Crippen LogP) is 3.72. The van der Waals surface area contributed by atoms with Crippen LogP contribution in [0.3, 0.4) is 0 Å². The van der Waals surface area contributed by atoms with Gasteiger partial charge in [0.25, 0.3) is 0 Å². The van der Waals surface area contributed by atoms with Gasteiger partial charge in [-0.15, -0.1) is 11.8 Å². The summed E-state index contributed by atoms with van der Waals surface area (Å²) in [6.07, 6.45) is -2.19. The molecule has 0 atom stereocenters. The lowest BCUT2D eigenvalue weighted by molar-refractivity contribution is -0.142. The van der Waals surface area contributed by atoms with Crippen molar-refractivity contribution in [3.8, 4) is 0 Å². The Morgan fingerprint density at radius 3 is 2.57 bits per heavy atom. The van der Waals surface area contributed by atoms with Crippen LogP contribution in [-0.4, -0.2) is 18.8 Å². The van der Waals surface area contributed by atoms with Gasteiger partial charge in [-0.05, 0) is 36.5 Å². The molecule has 0 unspecified atom stereocenters. The van der Waals surface area contributed by atoms with Gasteiger partial charge < -0.3 is 10.5 Å². The van der Waals surface area contributed by atoms with E-state index in [9.17, 15) is 18.0 Å². The maximum absolute atomic E-state index is 12.6. The molecule has 21 heavy (non-hydrogen) atoms. The van der Waals surface area contributed by atoms with Crippen molar-refractivity contribution in [1.82, 2.24) is 0 Å². The Morgan fingerprint density at radius 2 is 2.10 bits per heavy atom. The highest BCUT2D eigenvalue weighted by molar-refractivity contribution is 7.99. The lowest BCUT2D eigenvalue weighted by Crippen LogP contribution is -2.13. The highest BCUT2D eigenvalue weighted by Gasteiger charge is 2.44. The third-order valence-corrected chi connectivity index (χ3v) is 5.01. The summed E-state index contributed by atoms with van der Waals surface area (Å²) in [7, 11) is 1.35. The Labute approximate surface area is 125 Å². The van der Waals surface area contributed by atoms with Gasteiger partial charge >= 0.3 is 12.1 Å². The van der Waals surface area contributed by atoms with Crippen LogP contribution in [0.5, 0.6) is 0 Å². The van der Waals surface area contributed by atoms with Crippen LogP contribution in [0, 0.1) is 5.41 Å². The topological polar surface area (TPSA) is 52.3 Å². The Hall–Kier alpha value is -1.37. The second kappa shape index (κ2) is 5.79. The van der Waals surface area contributed by atoms with E-state index in [1.54, 1.807) is 0 Å². The molecule has 0 radical (unpaired) electrons. The molecule has 116 valence electrons. The summed E-state index contributed by atoms with van der Waals surface area (Å²) >= 11 is 1.39. The lowest BCUT2D eigenvalue weighted by atomic mass is 10.1. The van der Waals surface area contributed by atoms with Crippen LogP contribution < -0.4 is 5.73 Å². The van der Waals surface area contributed by atoms with E-state index in [1.807, 2.05) is 0 Å². The molecular formula is C14H16F3NO2S. The smallest absolute Gasteiger partial charge is 0.416 e. The molecule has 0 spiro atoms. The molecule has 0 bridgehead atoms. The first-order valence-electron chi connectivity index (χ1n) is 6.42. The number of benzene rings is 1. The highest BCUT2D eigenvalue weighted by atomic mass is 32.2. The van der Waals surface area contributed by atoms with Crippen molar-refractivity contribution in [2.75, 3.05) is 18.6 Å². The second-order valence-electron chi connectivity index (χ2n) is 5.29. The number of anilines is 1. The van der Waals surface area contributed by atoms with Crippen LogP contribution in [0.25, 0.3) is 0 Å². The number of hydrogen-bond donors (Lipinski definition) is 1. The third kappa shape index (κ3) is 4.06. The van der Waals surface area contributed by atoms with Crippen LogP contribution in [0.1, 0.15) is 24.8 Å². The molecule has 0 saturated heterocycles. The van der Waals surface area contributed by atoms with Crippen molar-refractivity contribution < 1.29 is 22.7 Å². The first-order valence-corrected chi connectivity index (χ1v) is 7.41. The number of nitrogen functional groups attached to an aromatic ring is 1. The number of rotatable bonds is 5. The zero-order valence-corrected chi connectivity index (χ0v) is 12.3. The van der Waals surface area contributed by atoms with Crippen molar-refractivity contribution in [1.29, 1.82) is 0 Å². The fraction of sp³-hybridized carbons (Fsp3) is 0.500. The molecule has 1 aliphatic rings.